The van der Waals surface area contributed by atoms with Gasteiger partial charge in [0.1, 0.15) is 24.1 Å². The highest BCUT2D eigenvalue weighted by Gasteiger charge is 2.62. The lowest BCUT2D eigenvalue weighted by atomic mass is 9.98. The van der Waals surface area contributed by atoms with Crippen LogP contribution in [0.5, 0.6) is 5.75 Å². The maximum atomic E-state index is 13.1. The summed E-state index contributed by atoms with van der Waals surface area (Å²) in [5.74, 6) is -0.645. The monoisotopic (exact) mass is 435 g/mol. The molecule has 1 aromatic carbocycles. The minimum atomic E-state index is -0.896. The van der Waals surface area contributed by atoms with Crippen molar-refractivity contribution < 1.29 is 33.2 Å². The third-order valence-electron chi connectivity index (χ3n) is 5.50. The Hall–Kier alpha value is -1.71. The molecule has 8 nitrogen and oxygen atoms in total. The van der Waals surface area contributed by atoms with Crippen molar-refractivity contribution in [3.63, 3.8) is 0 Å². The number of carbonyl (C=O) groups is 1. The lowest BCUT2D eigenvalue weighted by Crippen LogP contribution is -2.58. The highest BCUT2D eigenvalue weighted by atomic mass is 16.9. The smallest absolute Gasteiger partial charge is 0.256 e. The molecule has 0 unspecified atom stereocenters. The Bertz CT molecular complexity index is 792. The molecule has 172 valence electrons. The number of carbonyl (C=O) groups excluding carboxylic acids is 1. The highest BCUT2D eigenvalue weighted by molar-refractivity contribution is 5.94. The van der Waals surface area contributed by atoms with Crippen LogP contribution in [0.2, 0.25) is 0 Å². The molecular weight excluding hydrogens is 402 g/mol. The van der Waals surface area contributed by atoms with Gasteiger partial charge in [-0.05, 0) is 64.3 Å². The number of hydrogen-bond donors (Lipinski definition) is 1. The van der Waals surface area contributed by atoms with Crippen molar-refractivity contribution in [3.8, 4) is 5.75 Å². The van der Waals surface area contributed by atoms with Crippen LogP contribution in [-0.4, -0.2) is 54.8 Å². The number of benzene rings is 1. The first kappa shape index (κ1) is 22.5. The van der Waals surface area contributed by atoms with Crippen molar-refractivity contribution in [2.75, 3.05) is 11.9 Å². The zero-order valence-electron chi connectivity index (χ0n) is 19.0. The third kappa shape index (κ3) is 5.04. The Labute approximate surface area is 183 Å². The molecule has 3 heterocycles. The molecule has 1 amide bonds. The average molecular weight is 436 g/mol. The van der Waals surface area contributed by atoms with Gasteiger partial charge in [-0.2, -0.15) is 0 Å². The summed E-state index contributed by atoms with van der Waals surface area (Å²) in [6.07, 6.45) is -2.15. The zero-order valence-corrected chi connectivity index (χ0v) is 19.0. The van der Waals surface area contributed by atoms with E-state index in [4.69, 9.17) is 28.4 Å². The van der Waals surface area contributed by atoms with Crippen molar-refractivity contribution in [2.24, 2.45) is 5.92 Å². The van der Waals surface area contributed by atoms with Crippen molar-refractivity contribution in [3.05, 3.63) is 24.3 Å². The molecule has 3 fully saturated rings. The molecule has 0 spiro atoms. The van der Waals surface area contributed by atoms with Crippen LogP contribution in [0.4, 0.5) is 5.69 Å². The molecule has 3 aliphatic heterocycles. The highest BCUT2D eigenvalue weighted by Crippen LogP contribution is 2.44. The van der Waals surface area contributed by atoms with E-state index in [2.05, 4.69) is 19.2 Å². The molecule has 3 aliphatic rings. The molecule has 1 aromatic rings. The Morgan fingerprint density at radius 1 is 0.968 bits per heavy atom. The number of ether oxygens (including phenoxy) is 6. The molecule has 0 radical (unpaired) electrons. The van der Waals surface area contributed by atoms with E-state index in [1.54, 1.807) is 12.1 Å². The van der Waals surface area contributed by atoms with Crippen LogP contribution in [0.3, 0.4) is 0 Å². The summed E-state index contributed by atoms with van der Waals surface area (Å²) in [6, 6.07) is 7.29. The third-order valence-corrected chi connectivity index (χ3v) is 5.50. The van der Waals surface area contributed by atoms with Gasteiger partial charge in [-0.1, -0.05) is 13.8 Å². The van der Waals surface area contributed by atoms with Gasteiger partial charge >= 0.3 is 0 Å². The largest absolute Gasteiger partial charge is 0.494 e. The minimum absolute atomic E-state index is 0.323. The molecule has 5 atom stereocenters. The van der Waals surface area contributed by atoms with Gasteiger partial charge in [-0.3, -0.25) is 4.79 Å². The van der Waals surface area contributed by atoms with Gasteiger partial charge in [0.05, 0.1) is 6.61 Å². The van der Waals surface area contributed by atoms with Crippen LogP contribution >= 0.6 is 0 Å². The van der Waals surface area contributed by atoms with E-state index in [-0.39, 0.29) is 5.91 Å². The number of rotatable bonds is 6. The lowest BCUT2D eigenvalue weighted by molar-refractivity contribution is -0.229. The number of anilines is 1. The Balaban J connectivity index is 1.43. The summed E-state index contributed by atoms with van der Waals surface area (Å²) < 4.78 is 35.6. The molecule has 0 aromatic heterocycles. The number of hydrogen-bond acceptors (Lipinski definition) is 7. The van der Waals surface area contributed by atoms with E-state index in [1.807, 2.05) is 39.8 Å². The maximum Gasteiger partial charge on any atom is 0.256 e. The average Bonchev–Trinajstić information content (AvgIpc) is 3.16. The molecule has 0 bridgehead atoms. The normalized spacial score (nSPS) is 33.1. The number of fused-ring (bicyclic) bond motifs is 3. The predicted octanol–water partition coefficient (Wildman–Crippen LogP) is 3.45. The fourth-order valence-electron chi connectivity index (χ4n) is 4.08. The van der Waals surface area contributed by atoms with Gasteiger partial charge in [0.15, 0.2) is 24.0 Å². The van der Waals surface area contributed by atoms with Gasteiger partial charge in [0, 0.05) is 5.69 Å². The lowest BCUT2D eigenvalue weighted by Gasteiger charge is -2.36. The molecule has 3 saturated heterocycles. The Morgan fingerprint density at radius 3 is 2.26 bits per heavy atom. The minimum Gasteiger partial charge on any atom is -0.494 e. The van der Waals surface area contributed by atoms with E-state index >= 15 is 0 Å². The fourth-order valence-corrected chi connectivity index (χ4v) is 4.08. The maximum absolute atomic E-state index is 13.1. The second kappa shape index (κ2) is 8.33. The molecule has 1 N–H and O–H groups in total. The Kier molecular flexibility index (Phi) is 6.04. The topological polar surface area (TPSA) is 84.5 Å². The summed E-state index contributed by atoms with van der Waals surface area (Å²) in [6.45, 7) is 12.2. The zero-order chi connectivity index (χ0) is 22.4. The molecular formula is C23H33NO7. The van der Waals surface area contributed by atoms with Gasteiger partial charge < -0.3 is 33.7 Å². The van der Waals surface area contributed by atoms with Crippen LogP contribution in [0.25, 0.3) is 0 Å². The van der Waals surface area contributed by atoms with E-state index in [1.165, 1.54) is 0 Å². The van der Waals surface area contributed by atoms with Crippen molar-refractivity contribution >= 4 is 11.6 Å². The van der Waals surface area contributed by atoms with Crippen molar-refractivity contribution in [2.45, 2.75) is 90.2 Å². The predicted molar refractivity (Wildman–Crippen MR) is 113 cm³/mol. The second-order valence-electron chi connectivity index (χ2n) is 9.63. The van der Waals surface area contributed by atoms with Crippen molar-refractivity contribution in [1.82, 2.24) is 0 Å². The van der Waals surface area contributed by atoms with E-state index < -0.39 is 42.3 Å². The summed E-state index contributed by atoms with van der Waals surface area (Å²) in [4.78, 5) is 13.1. The molecule has 4 rings (SSSR count). The first-order valence-electron chi connectivity index (χ1n) is 10.9. The van der Waals surface area contributed by atoms with Crippen LogP contribution in [0, 0.1) is 5.92 Å². The van der Waals surface area contributed by atoms with Crippen LogP contribution in [-0.2, 0) is 28.5 Å². The fraction of sp³-hybridized carbons (Fsp3) is 0.696. The van der Waals surface area contributed by atoms with E-state index in [0.717, 1.165) is 12.2 Å². The van der Waals surface area contributed by atoms with Crippen LogP contribution in [0.15, 0.2) is 24.3 Å². The number of nitrogens with one attached hydrogen (secondary N) is 1. The van der Waals surface area contributed by atoms with E-state index in [0.29, 0.717) is 18.2 Å². The van der Waals surface area contributed by atoms with Crippen LogP contribution < -0.4 is 10.1 Å². The summed E-state index contributed by atoms with van der Waals surface area (Å²) in [7, 11) is 0. The summed E-state index contributed by atoms with van der Waals surface area (Å²) in [5.41, 5.74) is 0.644. The molecule has 31 heavy (non-hydrogen) atoms. The molecule has 0 aliphatic carbocycles. The van der Waals surface area contributed by atoms with Gasteiger partial charge in [0.25, 0.3) is 5.91 Å². The van der Waals surface area contributed by atoms with Crippen LogP contribution in [0.1, 0.15) is 48.0 Å². The molecule has 0 saturated carbocycles. The van der Waals surface area contributed by atoms with E-state index in [9.17, 15) is 4.79 Å². The standard InChI is InChI=1S/C23H33NO7/c1-13(2)11-12-26-15-9-7-14(8-10-15)24-20(25)18-16-17(29-22(3,4)28-16)19-21(27-18)31-23(5,6)30-19/h7-10,13,16-19,21H,11-12H2,1-6H3,(H,24,25)/t16-,17-,18+,19-,21+/m0/s1. The van der Waals surface area contributed by atoms with Gasteiger partial charge in [0.2, 0.25) is 0 Å². The molecule has 8 heteroatoms. The summed E-state index contributed by atoms with van der Waals surface area (Å²) in [5, 5.41) is 2.90. The first-order valence-corrected chi connectivity index (χ1v) is 10.9. The first-order chi connectivity index (χ1) is 14.5. The Morgan fingerprint density at radius 2 is 1.58 bits per heavy atom. The van der Waals surface area contributed by atoms with Gasteiger partial charge in [-0.15, -0.1) is 0 Å². The van der Waals surface area contributed by atoms with Gasteiger partial charge in [-0.25, -0.2) is 0 Å². The quantitative estimate of drug-likeness (QED) is 0.733. The van der Waals surface area contributed by atoms with Crippen molar-refractivity contribution in [1.29, 1.82) is 0 Å². The SMILES string of the molecule is CC(C)CCOc1ccc(NC(=O)[C@@H]2O[C@@H]3OC(C)(C)O[C@H]3[C@H]3OC(C)(C)O[C@@H]32)cc1. The second-order valence-corrected chi connectivity index (χ2v) is 9.63. The number of amides is 1. The summed E-state index contributed by atoms with van der Waals surface area (Å²) >= 11 is 0.